The Hall–Kier alpha value is -0.0301. The minimum Gasteiger partial charge on any atom is -0.334 e. The SMILES string of the molecule is CN(C)B(CB(N(C)C)N(C)C)N(C)C. The van der Waals surface area contributed by atoms with E-state index in [1.54, 1.807) is 0 Å². The van der Waals surface area contributed by atoms with Crippen molar-refractivity contribution in [3.8, 4) is 0 Å². The molecule has 0 radical (unpaired) electrons. The third-order valence-electron chi connectivity index (χ3n) is 2.81. The summed E-state index contributed by atoms with van der Waals surface area (Å²) >= 11 is 0. The summed E-state index contributed by atoms with van der Waals surface area (Å²) in [5, 5.41) is 0. The molecule has 88 valence electrons. The van der Waals surface area contributed by atoms with Crippen LogP contribution in [0.4, 0.5) is 0 Å². The van der Waals surface area contributed by atoms with Gasteiger partial charge in [-0.25, -0.2) is 0 Å². The lowest BCUT2D eigenvalue weighted by molar-refractivity contribution is 0.495. The Bertz CT molecular complexity index is 139. The van der Waals surface area contributed by atoms with Gasteiger partial charge in [-0.15, -0.1) is 0 Å². The third-order valence-corrected chi connectivity index (χ3v) is 2.81. The highest BCUT2D eigenvalue weighted by molar-refractivity contribution is 6.71. The van der Waals surface area contributed by atoms with Gasteiger partial charge < -0.3 is 19.2 Å². The fraction of sp³-hybridized carbons (Fsp3) is 1.00. The minimum atomic E-state index is 0.472. The zero-order chi connectivity index (χ0) is 12.2. The Balaban J connectivity index is 4.48. The standard InChI is InChI=1S/C9H26B2N4/c1-12(2)10(13(3)4)9-11(14(5)6)15(7)8/h9H2,1-8H3. The van der Waals surface area contributed by atoms with Crippen LogP contribution in [0.15, 0.2) is 0 Å². The van der Waals surface area contributed by atoms with Crippen molar-refractivity contribution < 1.29 is 0 Å². The maximum Gasteiger partial charge on any atom is 0.305 e. The van der Waals surface area contributed by atoms with Crippen LogP contribution < -0.4 is 0 Å². The quantitative estimate of drug-likeness (QED) is 0.562. The van der Waals surface area contributed by atoms with Crippen LogP contribution in [0.3, 0.4) is 0 Å². The molecule has 0 aliphatic rings. The monoisotopic (exact) mass is 212 g/mol. The number of hydrogen-bond acceptors (Lipinski definition) is 4. The number of nitrogens with zero attached hydrogens (tertiary/aromatic N) is 4. The molecule has 0 unspecified atom stereocenters. The van der Waals surface area contributed by atoms with Crippen LogP contribution in [0, 0.1) is 0 Å². The van der Waals surface area contributed by atoms with Crippen LogP contribution >= 0.6 is 0 Å². The van der Waals surface area contributed by atoms with Crippen LogP contribution in [-0.4, -0.2) is 89.6 Å². The Morgan fingerprint density at radius 3 is 0.867 bits per heavy atom. The van der Waals surface area contributed by atoms with Gasteiger partial charge in [-0.2, -0.15) is 0 Å². The summed E-state index contributed by atoms with van der Waals surface area (Å²) in [5.74, 6) is 0. The van der Waals surface area contributed by atoms with Crippen LogP contribution in [0.2, 0.25) is 6.22 Å². The molecule has 0 heterocycles. The van der Waals surface area contributed by atoms with Crippen LogP contribution in [0.5, 0.6) is 0 Å². The molecule has 15 heavy (non-hydrogen) atoms. The molecule has 0 aliphatic heterocycles. The number of rotatable bonds is 6. The van der Waals surface area contributed by atoms with E-state index in [1.165, 1.54) is 0 Å². The van der Waals surface area contributed by atoms with E-state index in [0.29, 0.717) is 14.0 Å². The molecule has 0 atom stereocenters. The third kappa shape index (κ3) is 5.02. The van der Waals surface area contributed by atoms with Gasteiger partial charge in [0.1, 0.15) is 0 Å². The highest BCUT2D eigenvalue weighted by atomic mass is 15.2. The van der Waals surface area contributed by atoms with Gasteiger partial charge in [-0.05, 0) is 62.6 Å². The smallest absolute Gasteiger partial charge is 0.305 e. The molecule has 6 heteroatoms. The van der Waals surface area contributed by atoms with Crippen molar-refractivity contribution in [2.75, 3.05) is 56.4 Å². The van der Waals surface area contributed by atoms with E-state index in [9.17, 15) is 0 Å². The van der Waals surface area contributed by atoms with Crippen molar-refractivity contribution >= 4 is 14.0 Å². The first-order valence-electron chi connectivity index (χ1n) is 5.43. The average molecular weight is 212 g/mol. The van der Waals surface area contributed by atoms with Crippen molar-refractivity contribution in [1.29, 1.82) is 0 Å². The summed E-state index contributed by atoms with van der Waals surface area (Å²) in [6, 6.07) is 0. The molecule has 0 aromatic rings. The van der Waals surface area contributed by atoms with Gasteiger partial charge >= 0.3 is 14.0 Å². The lowest BCUT2D eigenvalue weighted by Gasteiger charge is -2.33. The van der Waals surface area contributed by atoms with Crippen LogP contribution in [-0.2, 0) is 0 Å². The van der Waals surface area contributed by atoms with E-state index in [-0.39, 0.29) is 0 Å². The first kappa shape index (κ1) is 15.0. The Labute approximate surface area is 96.4 Å². The molecule has 0 saturated carbocycles. The molecule has 0 rings (SSSR count). The van der Waals surface area contributed by atoms with Gasteiger partial charge in [0.15, 0.2) is 0 Å². The molecule has 0 saturated heterocycles. The molecule has 0 amide bonds. The molecule has 0 aromatic heterocycles. The summed E-state index contributed by atoms with van der Waals surface area (Å²) in [7, 11) is 17.1. The van der Waals surface area contributed by atoms with Crippen molar-refractivity contribution in [1.82, 2.24) is 19.2 Å². The molecule has 0 spiro atoms. The van der Waals surface area contributed by atoms with Crippen molar-refractivity contribution in [3.05, 3.63) is 0 Å². The van der Waals surface area contributed by atoms with Crippen molar-refractivity contribution in [2.24, 2.45) is 0 Å². The van der Waals surface area contributed by atoms with E-state index >= 15 is 0 Å². The molecular weight excluding hydrogens is 186 g/mol. The Morgan fingerprint density at radius 2 is 0.733 bits per heavy atom. The normalized spacial score (nSPS) is 12.0. The second kappa shape index (κ2) is 6.53. The average Bonchev–Trinajstić information content (AvgIpc) is 2.01. The van der Waals surface area contributed by atoms with Gasteiger partial charge in [0.05, 0.1) is 0 Å². The van der Waals surface area contributed by atoms with Gasteiger partial charge in [0, 0.05) is 0 Å². The van der Waals surface area contributed by atoms with Gasteiger partial charge in [0.25, 0.3) is 0 Å². The number of hydrogen-bond donors (Lipinski definition) is 0. The first-order chi connectivity index (χ1) is 6.77. The molecule has 0 N–H and O–H groups in total. The summed E-state index contributed by atoms with van der Waals surface area (Å²) in [6.07, 6.45) is 1.11. The minimum absolute atomic E-state index is 0.472. The second-order valence-electron chi connectivity index (χ2n) is 5.05. The largest absolute Gasteiger partial charge is 0.334 e. The Morgan fingerprint density at radius 1 is 0.533 bits per heavy atom. The fourth-order valence-electron chi connectivity index (χ4n) is 1.96. The van der Waals surface area contributed by atoms with Crippen molar-refractivity contribution in [3.63, 3.8) is 0 Å². The highest BCUT2D eigenvalue weighted by Crippen LogP contribution is 2.06. The summed E-state index contributed by atoms with van der Waals surface area (Å²) in [5.41, 5.74) is 0. The van der Waals surface area contributed by atoms with E-state index in [4.69, 9.17) is 0 Å². The molecular formula is C9H26B2N4. The molecule has 0 aliphatic carbocycles. The van der Waals surface area contributed by atoms with Gasteiger partial charge in [-0.3, -0.25) is 0 Å². The molecule has 0 aromatic carbocycles. The zero-order valence-electron chi connectivity index (χ0n) is 11.7. The summed E-state index contributed by atoms with van der Waals surface area (Å²) in [4.78, 5) is 9.06. The van der Waals surface area contributed by atoms with E-state index in [1.807, 2.05) is 0 Å². The maximum absolute atomic E-state index is 2.26. The molecule has 0 bridgehead atoms. The summed E-state index contributed by atoms with van der Waals surface area (Å²) < 4.78 is 0. The molecule has 4 nitrogen and oxygen atoms in total. The van der Waals surface area contributed by atoms with Gasteiger partial charge in [-0.1, -0.05) is 0 Å². The second-order valence-corrected chi connectivity index (χ2v) is 5.05. The Kier molecular flexibility index (Phi) is 6.52. The lowest BCUT2D eigenvalue weighted by Crippen LogP contribution is -2.55. The topological polar surface area (TPSA) is 13.0 Å². The van der Waals surface area contributed by atoms with E-state index < -0.39 is 0 Å². The van der Waals surface area contributed by atoms with Crippen molar-refractivity contribution in [2.45, 2.75) is 6.22 Å². The van der Waals surface area contributed by atoms with E-state index in [2.05, 4.69) is 75.6 Å². The predicted molar refractivity (Wildman–Crippen MR) is 71.1 cm³/mol. The predicted octanol–water partition coefficient (Wildman–Crippen LogP) is -0.252. The fourth-order valence-corrected chi connectivity index (χ4v) is 1.96. The van der Waals surface area contributed by atoms with E-state index in [0.717, 1.165) is 6.22 Å². The van der Waals surface area contributed by atoms with Crippen LogP contribution in [0.1, 0.15) is 0 Å². The highest BCUT2D eigenvalue weighted by Gasteiger charge is 2.30. The zero-order valence-corrected chi connectivity index (χ0v) is 11.7. The lowest BCUT2D eigenvalue weighted by atomic mass is 9.49. The molecule has 0 fully saturated rings. The van der Waals surface area contributed by atoms with Crippen LogP contribution in [0.25, 0.3) is 0 Å². The first-order valence-corrected chi connectivity index (χ1v) is 5.43. The summed E-state index contributed by atoms with van der Waals surface area (Å²) in [6.45, 7) is 0.944. The maximum atomic E-state index is 2.26. The van der Waals surface area contributed by atoms with Gasteiger partial charge in [0.2, 0.25) is 0 Å².